The van der Waals surface area contributed by atoms with Gasteiger partial charge in [0.15, 0.2) is 0 Å². The minimum Gasteiger partial charge on any atom is -0.273 e. The second-order valence-corrected chi connectivity index (χ2v) is 8.95. The number of hydrogen-bond acceptors (Lipinski definition) is 2. The molecule has 1 heterocycles. The molecule has 24 heavy (non-hydrogen) atoms. The number of nitrogens with zero attached hydrogens (tertiary/aromatic N) is 1. The Balaban J connectivity index is 1.61. The maximum atomic E-state index is 12.9. The van der Waals surface area contributed by atoms with Gasteiger partial charge in [-0.05, 0) is 41.9 Å². The molecule has 1 aliphatic carbocycles. The summed E-state index contributed by atoms with van der Waals surface area (Å²) in [4.78, 5) is 0.360. The number of hydrogen-bond donors (Lipinski definition) is 0. The molecule has 4 rings (SSSR count). The van der Waals surface area contributed by atoms with Gasteiger partial charge in [-0.15, -0.1) is 0 Å². The second-order valence-electron chi connectivity index (χ2n) is 7.06. The molecule has 0 bridgehead atoms. The maximum absolute atomic E-state index is 12.9. The first-order chi connectivity index (χ1) is 11.4. The lowest BCUT2D eigenvalue weighted by molar-refractivity contribution is 0.432. The van der Waals surface area contributed by atoms with E-state index in [2.05, 4.69) is 25.1 Å². The number of fused-ring (bicyclic) bond motifs is 1. The van der Waals surface area contributed by atoms with Gasteiger partial charge in [0.25, 0.3) is 10.0 Å². The summed E-state index contributed by atoms with van der Waals surface area (Å²) in [5.41, 5.74) is 2.42. The van der Waals surface area contributed by atoms with Gasteiger partial charge < -0.3 is 0 Å². The highest BCUT2D eigenvalue weighted by atomic mass is 32.2. The third-order valence-electron chi connectivity index (χ3n) is 5.53. The van der Waals surface area contributed by atoms with Crippen LogP contribution in [0, 0.1) is 18.3 Å². The van der Waals surface area contributed by atoms with Gasteiger partial charge in [0.2, 0.25) is 0 Å². The highest BCUT2D eigenvalue weighted by Crippen LogP contribution is 2.67. The summed E-state index contributed by atoms with van der Waals surface area (Å²) in [6.07, 6.45) is 3.83. The summed E-state index contributed by atoms with van der Waals surface area (Å²) in [6.45, 7) is 4.72. The van der Waals surface area contributed by atoms with Crippen LogP contribution in [-0.2, 0) is 10.0 Å². The molecule has 2 aromatic rings. The minimum absolute atomic E-state index is 0.0701. The SMILES string of the molecule is Cc1ccc(S(=O)(=O)N2C=C[C@]3(C)C(c4ccccc4)[C@@H]3C2)cc1. The standard InChI is InChI=1S/C20H21NO2S/c1-15-8-10-17(11-9-15)24(22,23)21-13-12-20(2)18(14-21)19(20)16-6-4-3-5-7-16/h3-13,18-19H,14H2,1-2H3/t18-,19?,20-/m0/s1. The molecule has 0 radical (unpaired) electrons. The quantitative estimate of drug-likeness (QED) is 0.849. The number of aryl methyl sites for hydroxylation is 1. The smallest absolute Gasteiger partial charge is 0.263 e. The number of rotatable bonds is 3. The van der Waals surface area contributed by atoms with Gasteiger partial charge in [-0.3, -0.25) is 4.31 Å². The number of benzene rings is 2. The van der Waals surface area contributed by atoms with E-state index in [1.807, 2.05) is 37.3 Å². The molecule has 2 aromatic carbocycles. The first-order valence-electron chi connectivity index (χ1n) is 8.26. The predicted octanol–water partition coefficient (Wildman–Crippen LogP) is 3.93. The molecule has 0 amide bonds. The summed E-state index contributed by atoms with van der Waals surface area (Å²) >= 11 is 0. The van der Waals surface area contributed by atoms with Crippen molar-refractivity contribution in [1.29, 1.82) is 0 Å². The first kappa shape index (κ1) is 15.5. The third-order valence-corrected chi connectivity index (χ3v) is 7.28. The van der Waals surface area contributed by atoms with E-state index in [4.69, 9.17) is 0 Å². The number of allylic oxidation sites excluding steroid dienone is 1. The molecule has 3 nitrogen and oxygen atoms in total. The molecule has 2 aliphatic rings. The van der Waals surface area contributed by atoms with Crippen molar-refractivity contribution in [3.63, 3.8) is 0 Å². The molecular weight excluding hydrogens is 318 g/mol. The van der Waals surface area contributed by atoms with E-state index in [-0.39, 0.29) is 5.41 Å². The predicted molar refractivity (Wildman–Crippen MR) is 95.0 cm³/mol. The van der Waals surface area contributed by atoms with Crippen LogP contribution in [0.25, 0.3) is 0 Å². The lowest BCUT2D eigenvalue weighted by Gasteiger charge is -2.25. The molecule has 3 atom stereocenters. The van der Waals surface area contributed by atoms with Gasteiger partial charge in [-0.2, -0.15) is 0 Å². The van der Waals surface area contributed by atoms with Gasteiger partial charge in [0.05, 0.1) is 4.90 Å². The first-order valence-corrected chi connectivity index (χ1v) is 9.70. The topological polar surface area (TPSA) is 37.4 Å². The average Bonchev–Trinajstić information content (AvgIpc) is 3.20. The summed E-state index contributed by atoms with van der Waals surface area (Å²) in [5.74, 6) is 0.735. The van der Waals surface area contributed by atoms with E-state index >= 15 is 0 Å². The van der Waals surface area contributed by atoms with Crippen LogP contribution in [0.1, 0.15) is 24.0 Å². The van der Waals surface area contributed by atoms with Crippen LogP contribution in [0.2, 0.25) is 0 Å². The van der Waals surface area contributed by atoms with Crippen molar-refractivity contribution < 1.29 is 8.42 Å². The fourth-order valence-corrected chi connectivity index (χ4v) is 5.26. The molecular formula is C20H21NO2S. The Morgan fingerprint density at radius 2 is 1.71 bits per heavy atom. The van der Waals surface area contributed by atoms with Crippen LogP contribution in [-0.4, -0.2) is 19.3 Å². The van der Waals surface area contributed by atoms with E-state index in [0.717, 1.165) is 5.56 Å². The zero-order valence-electron chi connectivity index (χ0n) is 13.9. The van der Waals surface area contributed by atoms with E-state index in [1.165, 1.54) is 9.87 Å². The van der Waals surface area contributed by atoms with E-state index in [9.17, 15) is 8.42 Å². The molecule has 0 aromatic heterocycles. The molecule has 0 spiro atoms. The van der Waals surface area contributed by atoms with Crippen LogP contribution >= 0.6 is 0 Å². The van der Waals surface area contributed by atoms with Gasteiger partial charge in [-0.1, -0.05) is 61.0 Å². The second kappa shape index (κ2) is 5.21. The van der Waals surface area contributed by atoms with Crippen molar-refractivity contribution in [3.8, 4) is 0 Å². The van der Waals surface area contributed by atoms with Crippen molar-refractivity contribution >= 4 is 10.0 Å². The Hall–Kier alpha value is -2.07. The lowest BCUT2D eigenvalue weighted by atomic mass is 10.0. The molecule has 1 unspecified atom stereocenters. The van der Waals surface area contributed by atoms with Crippen LogP contribution < -0.4 is 0 Å². The normalized spacial score (nSPS) is 28.5. The van der Waals surface area contributed by atoms with Crippen LogP contribution in [0.4, 0.5) is 0 Å². The molecule has 1 aliphatic heterocycles. The Bertz CT molecular complexity index is 887. The largest absolute Gasteiger partial charge is 0.273 e. The summed E-state index contributed by atoms with van der Waals surface area (Å²) in [7, 11) is -3.47. The molecule has 1 fully saturated rings. The number of sulfonamides is 1. The van der Waals surface area contributed by atoms with Gasteiger partial charge in [-0.25, -0.2) is 8.42 Å². The Labute approximate surface area is 143 Å². The van der Waals surface area contributed by atoms with E-state index in [0.29, 0.717) is 23.3 Å². The van der Waals surface area contributed by atoms with Crippen LogP contribution in [0.3, 0.4) is 0 Å². The zero-order chi connectivity index (χ0) is 16.9. The lowest BCUT2D eigenvalue weighted by Crippen LogP contribution is -2.31. The highest BCUT2D eigenvalue weighted by Gasteiger charge is 2.62. The highest BCUT2D eigenvalue weighted by molar-refractivity contribution is 7.89. The summed E-state index contributed by atoms with van der Waals surface area (Å²) in [6, 6.07) is 17.5. The Morgan fingerprint density at radius 1 is 1.04 bits per heavy atom. The fourth-order valence-electron chi connectivity index (χ4n) is 3.93. The zero-order valence-corrected chi connectivity index (χ0v) is 14.7. The molecule has 0 N–H and O–H groups in total. The fraction of sp³-hybridized carbons (Fsp3) is 0.300. The molecule has 4 heteroatoms. The van der Waals surface area contributed by atoms with Crippen LogP contribution in [0.15, 0.2) is 71.8 Å². The van der Waals surface area contributed by atoms with Crippen molar-refractivity contribution in [2.45, 2.75) is 24.7 Å². The minimum atomic E-state index is -3.47. The molecule has 0 saturated heterocycles. The van der Waals surface area contributed by atoms with Gasteiger partial charge in [0.1, 0.15) is 0 Å². The van der Waals surface area contributed by atoms with Crippen molar-refractivity contribution in [1.82, 2.24) is 4.31 Å². The van der Waals surface area contributed by atoms with E-state index in [1.54, 1.807) is 18.3 Å². The van der Waals surface area contributed by atoms with Crippen LogP contribution in [0.5, 0.6) is 0 Å². The van der Waals surface area contributed by atoms with E-state index < -0.39 is 10.0 Å². The van der Waals surface area contributed by atoms with Gasteiger partial charge in [0, 0.05) is 12.7 Å². The molecule has 1 saturated carbocycles. The maximum Gasteiger partial charge on any atom is 0.263 e. The summed E-state index contributed by atoms with van der Waals surface area (Å²) < 4.78 is 27.3. The van der Waals surface area contributed by atoms with Crippen molar-refractivity contribution in [3.05, 3.63) is 78.0 Å². The molecule has 124 valence electrons. The third kappa shape index (κ3) is 2.28. The Kier molecular flexibility index (Phi) is 3.36. The van der Waals surface area contributed by atoms with Gasteiger partial charge >= 0.3 is 0 Å². The van der Waals surface area contributed by atoms with Crippen molar-refractivity contribution in [2.24, 2.45) is 11.3 Å². The van der Waals surface area contributed by atoms with Crippen molar-refractivity contribution in [2.75, 3.05) is 6.54 Å². The summed E-state index contributed by atoms with van der Waals surface area (Å²) in [5, 5.41) is 0. The average molecular weight is 339 g/mol. The monoisotopic (exact) mass is 339 g/mol. The Morgan fingerprint density at radius 3 is 2.38 bits per heavy atom.